The Morgan fingerprint density at radius 2 is 1.78 bits per heavy atom. The van der Waals surface area contributed by atoms with E-state index in [0.717, 1.165) is 5.39 Å². The molecule has 1 fully saturated rings. The molecule has 2 heterocycles. The van der Waals surface area contributed by atoms with Gasteiger partial charge in [0.05, 0.1) is 11.6 Å². The van der Waals surface area contributed by atoms with E-state index in [1.165, 1.54) is 11.0 Å². The number of nitrogens with one attached hydrogen (secondary N) is 1. The third kappa shape index (κ3) is 3.36. The fourth-order valence-electron chi connectivity index (χ4n) is 2.99. The number of nitrogens with zero attached hydrogens (tertiary/aromatic N) is 2. The summed E-state index contributed by atoms with van der Waals surface area (Å²) in [6, 6.07) is 14.7. The van der Waals surface area contributed by atoms with Gasteiger partial charge in [0, 0.05) is 35.9 Å². The SMILES string of the molecule is O=C(c1ccc(NS(=O)(=O)c2cccc3cccnc23)cc1)N1CC(O)C1. The summed E-state index contributed by atoms with van der Waals surface area (Å²) in [6.07, 6.45) is 1.09. The number of carbonyl (C=O) groups is 1. The Morgan fingerprint density at radius 3 is 2.48 bits per heavy atom. The summed E-state index contributed by atoms with van der Waals surface area (Å²) in [7, 11) is -3.83. The number of para-hydroxylation sites is 1. The molecule has 1 saturated heterocycles. The zero-order valence-electron chi connectivity index (χ0n) is 14.2. The van der Waals surface area contributed by atoms with Gasteiger partial charge in [-0.25, -0.2) is 8.42 Å². The average molecular weight is 383 g/mol. The molecule has 1 aliphatic rings. The maximum atomic E-state index is 12.8. The summed E-state index contributed by atoms with van der Waals surface area (Å²) < 4.78 is 28.1. The van der Waals surface area contributed by atoms with E-state index in [1.54, 1.807) is 54.7 Å². The first kappa shape index (κ1) is 17.4. The number of pyridine rings is 1. The monoisotopic (exact) mass is 383 g/mol. The summed E-state index contributed by atoms with van der Waals surface area (Å²) in [5.41, 5.74) is 1.19. The van der Waals surface area contributed by atoms with Gasteiger partial charge in [-0.15, -0.1) is 0 Å². The second kappa shape index (κ2) is 6.64. The van der Waals surface area contributed by atoms with E-state index in [2.05, 4.69) is 9.71 Å². The van der Waals surface area contributed by atoms with Crippen molar-refractivity contribution in [3.05, 3.63) is 66.4 Å². The zero-order chi connectivity index (χ0) is 19.0. The predicted octanol–water partition coefficient (Wildman–Crippen LogP) is 1.85. The minimum absolute atomic E-state index is 0.0929. The lowest BCUT2D eigenvalue weighted by molar-refractivity contribution is 0.00590. The second-order valence-electron chi connectivity index (χ2n) is 6.38. The van der Waals surface area contributed by atoms with Crippen molar-refractivity contribution in [2.45, 2.75) is 11.0 Å². The van der Waals surface area contributed by atoms with Crippen LogP contribution in [0.3, 0.4) is 0 Å². The summed E-state index contributed by atoms with van der Waals surface area (Å²) in [5, 5.41) is 10.0. The van der Waals surface area contributed by atoms with Gasteiger partial charge in [0.2, 0.25) is 0 Å². The van der Waals surface area contributed by atoms with E-state index in [9.17, 15) is 18.3 Å². The predicted molar refractivity (Wildman–Crippen MR) is 101 cm³/mol. The van der Waals surface area contributed by atoms with Crippen LogP contribution in [0.2, 0.25) is 0 Å². The lowest BCUT2D eigenvalue weighted by atomic mass is 10.1. The number of rotatable bonds is 4. The highest BCUT2D eigenvalue weighted by Crippen LogP contribution is 2.24. The Kier molecular flexibility index (Phi) is 4.29. The molecule has 0 unspecified atom stereocenters. The van der Waals surface area contributed by atoms with Crippen molar-refractivity contribution in [1.82, 2.24) is 9.88 Å². The highest BCUT2D eigenvalue weighted by molar-refractivity contribution is 7.93. The van der Waals surface area contributed by atoms with Gasteiger partial charge in [-0.3, -0.25) is 14.5 Å². The molecule has 2 aromatic carbocycles. The van der Waals surface area contributed by atoms with Crippen molar-refractivity contribution in [2.75, 3.05) is 17.8 Å². The topological polar surface area (TPSA) is 99.6 Å². The molecule has 0 spiro atoms. The number of hydrogen-bond donors (Lipinski definition) is 2. The van der Waals surface area contributed by atoms with Crippen LogP contribution in [0.1, 0.15) is 10.4 Å². The van der Waals surface area contributed by atoms with Crippen LogP contribution >= 0.6 is 0 Å². The number of aromatic nitrogens is 1. The fourth-order valence-corrected chi connectivity index (χ4v) is 4.23. The van der Waals surface area contributed by atoms with Crippen LogP contribution in [0.5, 0.6) is 0 Å². The Morgan fingerprint density at radius 1 is 1.07 bits per heavy atom. The number of β-amino-alcohol motifs (C(OH)–C–C–N with tert-alkyl or cyclic N) is 1. The smallest absolute Gasteiger partial charge is 0.264 e. The molecule has 2 N–H and O–H groups in total. The second-order valence-corrected chi connectivity index (χ2v) is 8.03. The number of anilines is 1. The van der Waals surface area contributed by atoms with E-state index in [0.29, 0.717) is 29.9 Å². The van der Waals surface area contributed by atoms with Gasteiger partial charge in [-0.2, -0.15) is 0 Å². The van der Waals surface area contributed by atoms with Crippen molar-refractivity contribution in [2.24, 2.45) is 0 Å². The van der Waals surface area contributed by atoms with Gasteiger partial charge < -0.3 is 10.0 Å². The van der Waals surface area contributed by atoms with Crippen molar-refractivity contribution in [1.29, 1.82) is 0 Å². The first-order valence-electron chi connectivity index (χ1n) is 8.38. The van der Waals surface area contributed by atoms with E-state index in [4.69, 9.17) is 0 Å². The summed E-state index contributed by atoms with van der Waals surface area (Å²) in [5.74, 6) is -0.187. The molecule has 0 radical (unpaired) electrons. The van der Waals surface area contributed by atoms with E-state index in [1.807, 2.05) is 0 Å². The Balaban J connectivity index is 1.57. The molecular weight excluding hydrogens is 366 g/mol. The Bertz CT molecular complexity index is 1100. The van der Waals surface area contributed by atoms with Crippen LogP contribution in [0.4, 0.5) is 5.69 Å². The first-order valence-corrected chi connectivity index (χ1v) is 9.86. The van der Waals surface area contributed by atoms with Crippen LogP contribution in [-0.4, -0.2) is 48.5 Å². The first-order chi connectivity index (χ1) is 12.9. The number of amides is 1. The average Bonchev–Trinajstić information content (AvgIpc) is 2.65. The van der Waals surface area contributed by atoms with Crippen LogP contribution in [0.25, 0.3) is 10.9 Å². The molecule has 3 aromatic rings. The molecular formula is C19H17N3O4S. The van der Waals surface area contributed by atoms with Crippen LogP contribution < -0.4 is 4.72 Å². The highest BCUT2D eigenvalue weighted by Gasteiger charge is 2.29. The van der Waals surface area contributed by atoms with E-state index in [-0.39, 0.29) is 10.8 Å². The van der Waals surface area contributed by atoms with Crippen LogP contribution in [-0.2, 0) is 10.0 Å². The number of aliphatic hydroxyl groups excluding tert-OH is 1. The molecule has 1 amide bonds. The minimum atomic E-state index is -3.83. The van der Waals surface area contributed by atoms with Crippen molar-refractivity contribution in [3.63, 3.8) is 0 Å². The number of carbonyl (C=O) groups excluding carboxylic acids is 1. The quantitative estimate of drug-likeness (QED) is 0.716. The summed E-state index contributed by atoms with van der Waals surface area (Å²) in [4.78, 5) is 18.0. The Labute approximate surface area is 156 Å². The summed E-state index contributed by atoms with van der Waals surface area (Å²) >= 11 is 0. The Hall–Kier alpha value is -2.97. The molecule has 1 aromatic heterocycles. The van der Waals surface area contributed by atoms with Crippen molar-refractivity contribution in [3.8, 4) is 0 Å². The highest BCUT2D eigenvalue weighted by atomic mass is 32.2. The molecule has 138 valence electrons. The molecule has 0 atom stereocenters. The number of hydrogen-bond acceptors (Lipinski definition) is 5. The molecule has 27 heavy (non-hydrogen) atoms. The minimum Gasteiger partial charge on any atom is -0.389 e. The molecule has 1 aliphatic heterocycles. The fraction of sp³-hybridized carbons (Fsp3) is 0.158. The summed E-state index contributed by atoms with van der Waals surface area (Å²) in [6.45, 7) is 0.641. The maximum absolute atomic E-state index is 12.8. The normalized spacial score (nSPS) is 14.8. The van der Waals surface area contributed by atoms with Gasteiger partial charge in [-0.1, -0.05) is 18.2 Å². The maximum Gasteiger partial charge on any atom is 0.264 e. The molecule has 4 rings (SSSR count). The molecule has 0 aliphatic carbocycles. The number of sulfonamides is 1. The number of benzene rings is 2. The zero-order valence-corrected chi connectivity index (χ0v) is 15.1. The van der Waals surface area contributed by atoms with Crippen LogP contribution in [0.15, 0.2) is 65.7 Å². The number of fused-ring (bicyclic) bond motifs is 1. The molecule has 7 nitrogen and oxygen atoms in total. The lowest BCUT2D eigenvalue weighted by Crippen LogP contribution is -2.53. The third-order valence-corrected chi connectivity index (χ3v) is 5.83. The van der Waals surface area contributed by atoms with Crippen LogP contribution in [0, 0.1) is 0 Å². The molecule has 8 heteroatoms. The van der Waals surface area contributed by atoms with E-state index >= 15 is 0 Å². The lowest BCUT2D eigenvalue weighted by Gasteiger charge is -2.35. The van der Waals surface area contributed by atoms with Crippen molar-refractivity contribution < 1.29 is 18.3 Å². The van der Waals surface area contributed by atoms with Gasteiger partial charge >= 0.3 is 0 Å². The molecule has 0 bridgehead atoms. The molecule has 0 saturated carbocycles. The number of likely N-dealkylation sites (tertiary alicyclic amines) is 1. The third-order valence-electron chi connectivity index (χ3n) is 4.42. The number of aliphatic hydroxyl groups is 1. The standard InChI is InChI=1S/C19H17N3O4S/c23-16-11-22(12-16)19(24)14-6-8-15(9-7-14)21-27(25,26)17-5-1-3-13-4-2-10-20-18(13)17/h1-10,16,21,23H,11-12H2. The van der Waals surface area contributed by atoms with Gasteiger partial charge in [0.15, 0.2) is 0 Å². The van der Waals surface area contributed by atoms with Gasteiger partial charge in [0.25, 0.3) is 15.9 Å². The van der Waals surface area contributed by atoms with Gasteiger partial charge in [0.1, 0.15) is 4.90 Å². The van der Waals surface area contributed by atoms with Crippen molar-refractivity contribution >= 4 is 32.5 Å². The van der Waals surface area contributed by atoms with Gasteiger partial charge in [-0.05, 0) is 36.4 Å². The largest absolute Gasteiger partial charge is 0.389 e. The van der Waals surface area contributed by atoms with E-state index < -0.39 is 16.1 Å².